The molecular weight excluding hydrogens is 250 g/mol. The monoisotopic (exact) mass is 259 g/mol. The minimum absolute atomic E-state index is 0.421. The summed E-state index contributed by atoms with van der Waals surface area (Å²) < 4.78 is 1.65. The summed E-state index contributed by atoms with van der Waals surface area (Å²) in [6.45, 7) is 0. The second-order valence-corrected chi connectivity index (χ2v) is 4.55. The van der Waals surface area contributed by atoms with Gasteiger partial charge in [0.05, 0.1) is 11.9 Å². The molecule has 0 fully saturated rings. The van der Waals surface area contributed by atoms with Crippen molar-refractivity contribution >= 4 is 22.2 Å². The smallest absolute Gasteiger partial charge is 0.203 e. The lowest BCUT2D eigenvalue weighted by Crippen LogP contribution is -1.98. The Morgan fingerprint density at radius 2 is 2.00 bits per heavy atom. The van der Waals surface area contributed by atoms with Crippen LogP contribution in [0.5, 0.6) is 0 Å². The predicted molar refractivity (Wildman–Crippen MR) is 69.1 cm³/mol. The predicted octanol–water partition coefficient (Wildman–Crippen LogP) is 0.950. The molecule has 0 aliphatic carbocycles. The molecule has 0 unspecified atom stereocenters. The van der Waals surface area contributed by atoms with Crippen molar-refractivity contribution in [2.75, 3.05) is 11.5 Å². The van der Waals surface area contributed by atoms with Gasteiger partial charge in [-0.05, 0) is 18.2 Å². The number of pyridine rings is 1. The largest absolute Gasteiger partial charge is 0.397 e. The molecular formula is C10H9N7S. The highest BCUT2D eigenvalue weighted by atomic mass is 32.1. The molecule has 0 aliphatic rings. The van der Waals surface area contributed by atoms with Gasteiger partial charge in [-0.15, -0.1) is 10.2 Å². The molecule has 18 heavy (non-hydrogen) atoms. The first-order chi connectivity index (χ1) is 8.72. The molecule has 3 rings (SSSR count). The van der Waals surface area contributed by atoms with Crippen molar-refractivity contribution < 1.29 is 0 Å². The van der Waals surface area contributed by atoms with Gasteiger partial charge < -0.3 is 11.5 Å². The van der Waals surface area contributed by atoms with Crippen molar-refractivity contribution in [1.82, 2.24) is 25.0 Å². The average Bonchev–Trinajstić information content (AvgIpc) is 2.98. The number of nitrogens with two attached hydrogens (primary N) is 2. The highest BCUT2D eigenvalue weighted by Gasteiger charge is 2.09. The third-order valence-corrected chi connectivity index (χ3v) is 3.03. The van der Waals surface area contributed by atoms with Crippen LogP contribution in [0.15, 0.2) is 30.6 Å². The van der Waals surface area contributed by atoms with Crippen LogP contribution in [0.25, 0.3) is 16.5 Å². The third-order valence-electron chi connectivity index (χ3n) is 2.25. The molecule has 0 bridgehead atoms. The molecule has 3 heterocycles. The zero-order valence-electron chi connectivity index (χ0n) is 9.19. The number of rotatable bonds is 2. The second-order valence-electron chi connectivity index (χ2n) is 3.54. The van der Waals surface area contributed by atoms with E-state index in [1.807, 2.05) is 6.07 Å². The lowest BCUT2D eigenvalue weighted by atomic mass is 10.4. The summed E-state index contributed by atoms with van der Waals surface area (Å²) in [6.07, 6.45) is 3.38. The van der Waals surface area contributed by atoms with Gasteiger partial charge in [-0.25, -0.2) is 9.67 Å². The quantitative estimate of drug-likeness (QED) is 0.709. The average molecular weight is 259 g/mol. The zero-order valence-corrected chi connectivity index (χ0v) is 10.0. The van der Waals surface area contributed by atoms with Crippen molar-refractivity contribution in [2.24, 2.45) is 0 Å². The van der Waals surface area contributed by atoms with E-state index in [4.69, 9.17) is 11.5 Å². The number of anilines is 2. The van der Waals surface area contributed by atoms with E-state index in [2.05, 4.69) is 20.3 Å². The van der Waals surface area contributed by atoms with Gasteiger partial charge in [0.15, 0.2) is 10.8 Å². The molecule has 8 heteroatoms. The molecule has 3 aromatic rings. The van der Waals surface area contributed by atoms with E-state index in [9.17, 15) is 0 Å². The summed E-state index contributed by atoms with van der Waals surface area (Å²) >= 11 is 1.29. The molecule has 0 aliphatic heterocycles. The Kier molecular flexibility index (Phi) is 2.41. The number of hydrogen-bond acceptors (Lipinski definition) is 7. The van der Waals surface area contributed by atoms with Crippen LogP contribution in [0.4, 0.5) is 10.8 Å². The standard InChI is InChI=1S/C10H9N7S/c11-6-1-2-8(13-5-6)17-4-3-7(16-17)9-14-15-10(12)18-9/h1-5H,11H2,(H2,12,15). The summed E-state index contributed by atoms with van der Waals surface area (Å²) in [4.78, 5) is 4.18. The van der Waals surface area contributed by atoms with E-state index < -0.39 is 0 Å². The highest BCUT2D eigenvalue weighted by Crippen LogP contribution is 2.23. The van der Waals surface area contributed by atoms with E-state index in [1.165, 1.54) is 11.3 Å². The number of nitrogens with zero attached hydrogens (tertiary/aromatic N) is 5. The molecule has 0 spiro atoms. The lowest BCUT2D eigenvalue weighted by molar-refractivity contribution is 0.849. The van der Waals surface area contributed by atoms with Gasteiger partial charge in [0.2, 0.25) is 5.13 Å². The van der Waals surface area contributed by atoms with Gasteiger partial charge in [-0.3, -0.25) is 0 Å². The van der Waals surface area contributed by atoms with Gasteiger partial charge in [0, 0.05) is 6.20 Å². The van der Waals surface area contributed by atoms with Gasteiger partial charge in [0.1, 0.15) is 5.69 Å². The maximum Gasteiger partial charge on any atom is 0.203 e. The fourth-order valence-corrected chi connectivity index (χ4v) is 2.01. The van der Waals surface area contributed by atoms with E-state index in [0.29, 0.717) is 27.3 Å². The second kappa shape index (κ2) is 4.08. The molecule has 3 aromatic heterocycles. The molecule has 0 aromatic carbocycles. The molecule has 0 atom stereocenters. The summed E-state index contributed by atoms with van der Waals surface area (Å²) in [7, 11) is 0. The van der Waals surface area contributed by atoms with Crippen molar-refractivity contribution in [3.8, 4) is 16.5 Å². The van der Waals surface area contributed by atoms with Crippen LogP contribution in [0, 0.1) is 0 Å². The fourth-order valence-electron chi connectivity index (χ4n) is 1.44. The minimum Gasteiger partial charge on any atom is -0.397 e. The molecule has 90 valence electrons. The third kappa shape index (κ3) is 1.89. The van der Waals surface area contributed by atoms with Crippen LogP contribution >= 0.6 is 11.3 Å². The first kappa shape index (κ1) is 10.7. The first-order valence-electron chi connectivity index (χ1n) is 5.09. The fraction of sp³-hybridized carbons (Fsp3) is 0. The van der Waals surface area contributed by atoms with Crippen LogP contribution in [0.1, 0.15) is 0 Å². The maximum atomic E-state index is 5.58. The normalized spacial score (nSPS) is 10.7. The maximum absolute atomic E-state index is 5.58. The Bertz CT molecular complexity index is 670. The van der Waals surface area contributed by atoms with Gasteiger partial charge in [0.25, 0.3) is 0 Å². The Hall–Kier alpha value is -2.48. The van der Waals surface area contributed by atoms with Gasteiger partial charge >= 0.3 is 0 Å². The Morgan fingerprint density at radius 3 is 2.67 bits per heavy atom. The highest BCUT2D eigenvalue weighted by molar-refractivity contribution is 7.18. The molecule has 7 nitrogen and oxygen atoms in total. The number of hydrogen-bond donors (Lipinski definition) is 2. The SMILES string of the molecule is Nc1ccc(-n2ccc(-c3nnc(N)s3)n2)nc1. The van der Waals surface area contributed by atoms with E-state index in [-0.39, 0.29) is 0 Å². The molecule has 0 saturated carbocycles. The minimum atomic E-state index is 0.421. The van der Waals surface area contributed by atoms with E-state index in [0.717, 1.165) is 0 Å². The lowest BCUT2D eigenvalue weighted by Gasteiger charge is -1.99. The van der Waals surface area contributed by atoms with Gasteiger partial charge in [-0.1, -0.05) is 11.3 Å². The number of nitrogen functional groups attached to an aromatic ring is 2. The Balaban J connectivity index is 1.96. The number of aromatic nitrogens is 5. The van der Waals surface area contributed by atoms with E-state index in [1.54, 1.807) is 29.2 Å². The van der Waals surface area contributed by atoms with Crippen LogP contribution in [-0.4, -0.2) is 25.0 Å². The molecule has 0 saturated heterocycles. The Labute approximate surface area is 106 Å². The first-order valence-corrected chi connectivity index (χ1v) is 5.91. The van der Waals surface area contributed by atoms with Crippen LogP contribution in [0.2, 0.25) is 0 Å². The van der Waals surface area contributed by atoms with Crippen LogP contribution in [0.3, 0.4) is 0 Å². The zero-order chi connectivity index (χ0) is 12.5. The summed E-state index contributed by atoms with van der Waals surface area (Å²) in [6, 6.07) is 5.39. The van der Waals surface area contributed by atoms with Crippen LogP contribution < -0.4 is 11.5 Å². The van der Waals surface area contributed by atoms with Crippen molar-refractivity contribution in [3.05, 3.63) is 30.6 Å². The van der Waals surface area contributed by atoms with E-state index >= 15 is 0 Å². The Morgan fingerprint density at radius 1 is 1.11 bits per heavy atom. The summed E-state index contributed by atoms with van der Waals surface area (Å²) in [5.74, 6) is 0.688. The topological polar surface area (TPSA) is 109 Å². The molecule has 0 amide bonds. The van der Waals surface area contributed by atoms with Crippen molar-refractivity contribution in [2.45, 2.75) is 0 Å². The van der Waals surface area contributed by atoms with Crippen molar-refractivity contribution in [3.63, 3.8) is 0 Å². The van der Waals surface area contributed by atoms with Crippen LogP contribution in [-0.2, 0) is 0 Å². The van der Waals surface area contributed by atoms with Gasteiger partial charge in [-0.2, -0.15) is 5.10 Å². The molecule has 4 N–H and O–H groups in total. The summed E-state index contributed by atoms with van der Waals surface area (Å²) in [5, 5.41) is 13.1. The van der Waals surface area contributed by atoms with Crippen molar-refractivity contribution in [1.29, 1.82) is 0 Å². The summed E-state index contributed by atoms with van der Waals surface area (Å²) in [5.41, 5.74) is 12.4. The molecule has 0 radical (unpaired) electrons.